The molecule has 0 radical (unpaired) electrons. The zero-order valence-electron chi connectivity index (χ0n) is 18.1. The van der Waals surface area contributed by atoms with Gasteiger partial charge in [-0.3, -0.25) is 4.90 Å². The van der Waals surface area contributed by atoms with Crippen molar-refractivity contribution >= 4 is 12.1 Å². The molecule has 2 aliphatic carbocycles. The largest absolute Gasteiger partial charge is 0.480 e. The van der Waals surface area contributed by atoms with Gasteiger partial charge in [0.2, 0.25) is 0 Å². The fraction of sp³-hybridized carbons (Fsp3) is 0.462. The van der Waals surface area contributed by atoms with Crippen LogP contribution in [0.3, 0.4) is 0 Å². The van der Waals surface area contributed by atoms with Crippen LogP contribution in [0.1, 0.15) is 62.0 Å². The van der Waals surface area contributed by atoms with E-state index in [-0.39, 0.29) is 12.5 Å². The van der Waals surface area contributed by atoms with Gasteiger partial charge in [0, 0.05) is 13.0 Å². The lowest BCUT2D eigenvalue weighted by atomic mass is 9.85. The van der Waals surface area contributed by atoms with E-state index in [1.54, 1.807) is 7.05 Å². The van der Waals surface area contributed by atoms with Crippen molar-refractivity contribution in [2.45, 2.75) is 56.9 Å². The lowest BCUT2D eigenvalue weighted by Gasteiger charge is -2.28. The molecule has 5 nitrogen and oxygen atoms in total. The third kappa shape index (κ3) is 4.60. The second kappa shape index (κ2) is 9.54. The normalized spacial score (nSPS) is 16.9. The molecule has 4 rings (SSSR count). The number of carbonyl (C=O) groups is 2. The summed E-state index contributed by atoms with van der Waals surface area (Å²) < 4.78 is 5.65. The molecule has 2 aliphatic rings. The molecule has 1 amide bonds. The Morgan fingerprint density at radius 1 is 1.00 bits per heavy atom. The lowest BCUT2D eigenvalue weighted by molar-refractivity contribution is -0.142. The van der Waals surface area contributed by atoms with Crippen LogP contribution in [0, 0.1) is 5.92 Å². The highest BCUT2D eigenvalue weighted by molar-refractivity contribution is 5.81. The molecule has 0 aliphatic heterocycles. The first-order chi connectivity index (χ1) is 15.1. The van der Waals surface area contributed by atoms with Crippen LogP contribution in [-0.4, -0.2) is 41.8 Å². The number of amides is 1. The molecular weight excluding hydrogens is 390 g/mol. The van der Waals surface area contributed by atoms with Gasteiger partial charge >= 0.3 is 12.1 Å². The average Bonchev–Trinajstić information content (AvgIpc) is 3.11. The number of carboxylic acids is 1. The SMILES string of the molecule is CN(C(=O)OCC1c2ccccc2-c2ccccc21)[C@@H](CCC1CCCCC1)C(=O)O. The van der Waals surface area contributed by atoms with Gasteiger partial charge in [0.05, 0.1) is 0 Å². The summed E-state index contributed by atoms with van der Waals surface area (Å²) in [6.07, 6.45) is 6.81. The zero-order valence-corrected chi connectivity index (χ0v) is 18.1. The predicted molar refractivity (Wildman–Crippen MR) is 120 cm³/mol. The van der Waals surface area contributed by atoms with Gasteiger partial charge in [0.15, 0.2) is 0 Å². The fourth-order valence-corrected chi connectivity index (χ4v) is 5.18. The van der Waals surface area contributed by atoms with E-state index in [2.05, 4.69) is 24.3 Å². The molecule has 1 fully saturated rings. The number of carboxylic acid groups (broad SMARTS) is 1. The van der Waals surface area contributed by atoms with Crippen molar-refractivity contribution < 1.29 is 19.4 Å². The van der Waals surface area contributed by atoms with E-state index < -0.39 is 18.1 Å². The number of aliphatic carboxylic acids is 1. The number of hydrogen-bond donors (Lipinski definition) is 1. The monoisotopic (exact) mass is 421 g/mol. The van der Waals surface area contributed by atoms with Crippen molar-refractivity contribution in [1.29, 1.82) is 0 Å². The summed E-state index contributed by atoms with van der Waals surface area (Å²) in [6.45, 7) is 0.201. The minimum absolute atomic E-state index is 0.0322. The Bertz CT molecular complexity index is 889. The molecule has 31 heavy (non-hydrogen) atoms. The molecule has 2 aromatic carbocycles. The molecule has 5 heteroatoms. The first-order valence-electron chi connectivity index (χ1n) is 11.4. The number of fused-ring (bicyclic) bond motifs is 3. The van der Waals surface area contributed by atoms with E-state index in [0.29, 0.717) is 12.3 Å². The van der Waals surface area contributed by atoms with Gasteiger partial charge in [-0.2, -0.15) is 0 Å². The molecule has 0 bridgehead atoms. The molecule has 0 heterocycles. The first-order valence-corrected chi connectivity index (χ1v) is 11.4. The van der Waals surface area contributed by atoms with Crippen molar-refractivity contribution in [3.8, 4) is 11.1 Å². The van der Waals surface area contributed by atoms with Gasteiger partial charge in [0.1, 0.15) is 12.6 Å². The maximum absolute atomic E-state index is 12.8. The van der Waals surface area contributed by atoms with E-state index in [9.17, 15) is 14.7 Å². The highest BCUT2D eigenvalue weighted by Crippen LogP contribution is 2.44. The third-order valence-electron chi connectivity index (χ3n) is 6.95. The van der Waals surface area contributed by atoms with Crippen LogP contribution >= 0.6 is 0 Å². The smallest absolute Gasteiger partial charge is 0.410 e. The topological polar surface area (TPSA) is 66.8 Å². The van der Waals surface area contributed by atoms with Crippen LogP contribution in [0.25, 0.3) is 11.1 Å². The molecule has 0 saturated heterocycles. The zero-order chi connectivity index (χ0) is 21.8. The number of rotatable bonds is 7. The third-order valence-corrected chi connectivity index (χ3v) is 6.95. The highest BCUT2D eigenvalue weighted by atomic mass is 16.6. The maximum Gasteiger partial charge on any atom is 0.410 e. The summed E-state index contributed by atoms with van der Waals surface area (Å²) in [5.41, 5.74) is 4.63. The van der Waals surface area contributed by atoms with Gasteiger partial charge in [-0.1, -0.05) is 80.6 Å². The summed E-state index contributed by atoms with van der Waals surface area (Å²) in [4.78, 5) is 25.9. The van der Waals surface area contributed by atoms with Crippen molar-refractivity contribution in [3.05, 3.63) is 59.7 Å². The summed E-state index contributed by atoms with van der Waals surface area (Å²) >= 11 is 0. The van der Waals surface area contributed by atoms with E-state index >= 15 is 0 Å². The van der Waals surface area contributed by atoms with Gasteiger partial charge in [0.25, 0.3) is 0 Å². The van der Waals surface area contributed by atoms with Crippen LogP contribution < -0.4 is 0 Å². The van der Waals surface area contributed by atoms with E-state index in [4.69, 9.17) is 4.74 Å². The Kier molecular flexibility index (Phi) is 6.59. The number of nitrogens with zero attached hydrogens (tertiary/aromatic N) is 1. The van der Waals surface area contributed by atoms with Crippen molar-refractivity contribution in [2.24, 2.45) is 5.92 Å². The standard InChI is InChI=1S/C26H31NO4/c1-27(24(25(28)29)16-15-18-9-3-2-4-10-18)26(30)31-17-23-21-13-7-5-11-19(21)20-12-6-8-14-22(20)23/h5-8,11-14,18,23-24H,2-4,9-10,15-17H2,1H3,(H,28,29)/t24-/m0/s1. The molecule has 0 unspecified atom stereocenters. The molecule has 1 N–H and O–H groups in total. The number of ether oxygens (including phenoxy) is 1. The Morgan fingerprint density at radius 3 is 2.16 bits per heavy atom. The minimum atomic E-state index is -0.966. The summed E-state index contributed by atoms with van der Waals surface area (Å²) in [7, 11) is 1.54. The summed E-state index contributed by atoms with van der Waals surface area (Å²) in [5, 5.41) is 9.71. The van der Waals surface area contributed by atoms with Gasteiger partial charge in [-0.25, -0.2) is 9.59 Å². The summed E-state index contributed by atoms with van der Waals surface area (Å²) in [6, 6.07) is 15.5. The summed E-state index contributed by atoms with van der Waals surface area (Å²) in [5.74, 6) is -0.423. The molecule has 0 spiro atoms. The Balaban J connectivity index is 1.39. The molecule has 2 aromatic rings. The Morgan fingerprint density at radius 2 is 1.58 bits per heavy atom. The van der Waals surface area contributed by atoms with Crippen LogP contribution in [0.4, 0.5) is 4.79 Å². The predicted octanol–water partition coefficient (Wildman–Crippen LogP) is 5.68. The first kappa shape index (κ1) is 21.4. The van der Waals surface area contributed by atoms with Crippen LogP contribution in [-0.2, 0) is 9.53 Å². The second-order valence-electron chi connectivity index (χ2n) is 8.85. The molecule has 1 atom stereocenters. The minimum Gasteiger partial charge on any atom is -0.480 e. The molecule has 0 aromatic heterocycles. The number of benzene rings is 2. The Hall–Kier alpha value is -2.82. The molecule has 164 valence electrons. The van der Waals surface area contributed by atoms with Gasteiger partial charge in [-0.05, 0) is 41.0 Å². The lowest BCUT2D eigenvalue weighted by Crippen LogP contribution is -2.43. The van der Waals surface area contributed by atoms with Crippen LogP contribution in [0.5, 0.6) is 0 Å². The van der Waals surface area contributed by atoms with Crippen LogP contribution in [0.15, 0.2) is 48.5 Å². The number of carbonyl (C=O) groups excluding carboxylic acids is 1. The van der Waals surface area contributed by atoms with Crippen molar-refractivity contribution in [2.75, 3.05) is 13.7 Å². The highest BCUT2D eigenvalue weighted by Gasteiger charge is 2.32. The van der Waals surface area contributed by atoms with Crippen LogP contribution in [0.2, 0.25) is 0 Å². The fourth-order valence-electron chi connectivity index (χ4n) is 5.18. The van der Waals surface area contributed by atoms with Gasteiger partial charge in [-0.15, -0.1) is 0 Å². The molecular formula is C26H31NO4. The number of hydrogen-bond acceptors (Lipinski definition) is 3. The second-order valence-corrected chi connectivity index (χ2v) is 8.85. The molecule has 1 saturated carbocycles. The van der Waals surface area contributed by atoms with Gasteiger partial charge < -0.3 is 9.84 Å². The van der Waals surface area contributed by atoms with E-state index in [1.807, 2.05) is 24.3 Å². The quantitative estimate of drug-likeness (QED) is 0.624. The average molecular weight is 422 g/mol. The maximum atomic E-state index is 12.8. The Labute approximate surface area is 184 Å². The number of likely N-dealkylation sites (N-methyl/N-ethyl adjacent to an activating group) is 1. The van der Waals surface area contributed by atoms with E-state index in [1.165, 1.54) is 48.1 Å². The van der Waals surface area contributed by atoms with Crippen molar-refractivity contribution in [3.63, 3.8) is 0 Å². The van der Waals surface area contributed by atoms with Crippen molar-refractivity contribution in [1.82, 2.24) is 4.90 Å². The van der Waals surface area contributed by atoms with E-state index in [0.717, 1.165) is 17.5 Å².